The molecule has 17 heavy (non-hydrogen) atoms. The maximum absolute atomic E-state index is 5.87. The van der Waals surface area contributed by atoms with Crippen LogP contribution in [0.15, 0.2) is 57.0 Å². The van der Waals surface area contributed by atoms with Gasteiger partial charge in [0.1, 0.15) is 0 Å². The number of halogens is 1. The summed E-state index contributed by atoms with van der Waals surface area (Å²) in [7, 11) is 0. The molecule has 0 saturated carbocycles. The topological polar surface area (TPSA) is 38.9 Å². The Labute approximate surface area is 114 Å². The Morgan fingerprint density at radius 2 is 1.88 bits per heavy atom. The molecule has 0 amide bonds. The number of nitrogens with zero attached hydrogens (tertiary/aromatic N) is 1. The smallest absolute Gasteiger partial charge is 0.0279 e. The second-order valence-electron chi connectivity index (χ2n) is 3.76. The highest BCUT2D eigenvalue weighted by molar-refractivity contribution is 9.10. The molecule has 0 radical (unpaired) electrons. The Balaban J connectivity index is 2.21. The van der Waals surface area contributed by atoms with Crippen molar-refractivity contribution in [3.05, 3.63) is 52.8 Å². The van der Waals surface area contributed by atoms with Crippen molar-refractivity contribution in [2.45, 2.75) is 22.8 Å². The maximum atomic E-state index is 5.87. The van der Waals surface area contributed by atoms with Crippen LogP contribution in [0.4, 0.5) is 0 Å². The first-order valence-electron chi connectivity index (χ1n) is 5.30. The standard InChI is InChI=1S/C13H13BrN2S/c1-9(15)12-3-2-11(8-13(12)14)17-10-4-6-16-7-5-10/h2-9H,15H2,1H3/t9-/m0/s1. The first-order valence-corrected chi connectivity index (χ1v) is 6.90. The molecule has 2 N–H and O–H groups in total. The minimum Gasteiger partial charge on any atom is -0.324 e. The van der Waals surface area contributed by atoms with Gasteiger partial charge in [0.25, 0.3) is 0 Å². The lowest BCUT2D eigenvalue weighted by Gasteiger charge is -2.10. The van der Waals surface area contributed by atoms with Gasteiger partial charge >= 0.3 is 0 Å². The fraction of sp³-hybridized carbons (Fsp3) is 0.154. The number of rotatable bonds is 3. The minimum atomic E-state index is 0.0457. The number of pyridine rings is 1. The van der Waals surface area contributed by atoms with Gasteiger partial charge in [0, 0.05) is 32.7 Å². The molecule has 1 heterocycles. The van der Waals surface area contributed by atoms with E-state index in [-0.39, 0.29) is 6.04 Å². The lowest BCUT2D eigenvalue weighted by atomic mass is 10.1. The molecular weight excluding hydrogens is 296 g/mol. The van der Waals surface area contributed by atoms with Crippen LogP contribution >= 0.6 is 27.7 Å². The van der Waals surface area contributed by atoms with Gasteiger partial charge in [-0.1, -0.05) is 33.8 Å². The number of nitrogens with two attached hydrogens (primary N) is 1. The van der Waals surface area contributed by atoms with Gasteiger partial charge in [-0.3, -0.25) is 4.98 Å². The van der Waals surface area contributed by atoms with Crippen LogP contribution < -0.4 is 5.73 Å². The Morgan fingerprint density at radius 3 is 2.47 bits per heavy atom. The van der Waals surface area contributed by atoms with Crippen molar-refractivity contribution in [1.82, 2.24) is 4.98 Å². The fourth-order valence-corrected chi connectivity index (χ4v) is 3.22. The first kappa shape index (κ1) is 12.6. The number of hydrogen-bond donors (Lipinski definition) is 1. The van der Waals surface area contributed by atoms with Crippen molar-refractivity contribution in [2.24, 2.45) is 5.73 Å². The zero-order chi connectivity index (χ0) is 12.3. The molecule has 0 bridgehead atoms. The highest BCUT2D eigenvalue weighted by Crippen LogP contribution is 2.32. The quantitative estimate of drug-likeness (QED) is 0.931. The second-order valence-corrected chi connectivity index (χ2v) is 5.76. The van der Waals surface area contributed by atoms with E-state index in [1.54, 1.807) is 24.2 Å². The van der Waals surface area contributed by atoms with Gasteiger partial charge in [-0.05, 0) is 36.8 Å². The summed E-state index contributed by atoms with van der Waals surface area (Å²) in [5.41, 5.74) is 7.00. The summed E-state index contributed by atoms with van der Waals surface area (Å²) >= 11 is 5.27. The van der Waals surface area contributed by atoms with Crippen LogP contribution in [0.2, 0.25) is 0 Å². The predicted octanol–water partition coefficient (Wildman–Crippen LogP) is 4.02. The minimum absolute atomic E-state index is 0.0457. The van der Waals surface area contributed by atoms with E-state index in [1.807, 2.05) is 19.1 Å². The third-order valence-corrected chi connectivity index (χ3v) is 4.03. The predicted molar refractivity (Wildman–Crippen MR) is 75.1 cm³/mol. The van der Waals surface area contributed by atoms with Gasteiger partial charge in [0.05, 0.1) is 0 Å². The van der Waals surface area contributed by atoms with E-state index in [0.29, 0.717) is 0 Å². The molecule has 0 spiro atoms. The highest BCUT2D eigenvalue weighted by atomic mass is 79.9. The van der Waals surface area contributed by atoms with Crippen LogP contribution in [-0.2, 0) is 0 Å². The number of aromatic nitrogens is 1. The van der Waals surface area contributed by atoms with Crippen LogP contribution in [0.3, 0.4) is 0 Å². The summed E-state index contributed by atoms with van der Waals surface area (Å²) in [6, 6.07) is 10.3. The van der Waals surface area contributed by atoms with E-state index in [2.05, 4.69) is 39.1 Å². The fourth-order valence-electron chi connectivity index (χ4n) is 1.48. The van der Waals surface area contributed by atoms with E-state index in [9.17, 15) is 0 Å². The Hall–Kier alpha value is -0.840. The molecule has 0 aliphatic rings. The molecule has 1 atom stereocenters. The molecule has 88 valence electrons. The van der Waals surface area contributed by atoms with Crippen molar-refractivity contribution in [2.75, 3.05) is 0 Å². The van der Waals surface area contributed by atoms with E-state index >= 15 is 0 Å². The van der Waals surface area contributed by atoms with Gasteiger partial charge in [-0.15, -0.1) is 0 Å². The van der Waals surface area contributed by atoms with Crippen LogP contribution in [0.5, 0.6) is 0 Å². The average Bonchev–Trinajstić information content (AvgIpc) is 2.30. The lowest BCUT2D eigenvalue weighted by molar-refractivity contribution is 0.811. The van der Waals surface area contributed by atoms with Gasteiger partial charge in [0.2, 0.25) is 0 Å². The van der Waals surface area contributed by atoms with Gasteiger partial charge < -0.3 is 5.73 Å². The van der Waals surface area contributed by atoms with Gasteiger partial charge in [0.15, 0.2) is 0 Å². The summed E-state index contributed by atoms with van der Waals surface area (Å²) < 4.78 is 1.06. The molecule has 1 aromatic carbocycles. The van der Waals surface area contributed by atoms with Crippen molar-refractivity contribution in [3.8, 4) is 0 Å². The molecule has 0 aliphatic heterocycles. The molecule has 1 aromatic heterocycles. The Bertz CT molecular complexity index is 500. The van der Waals surface area contributed by atoms with Gasteiger partial charge in [-0.25, -0.2) is 0 Å². The third-order valence-electron chi connectivity index (χ3n) is 2.35. The van der Waals surface area contributed by atoms with Crippen LogP contribution in [0.1, 0.15) is 18.5 Å². The summed E-state index contributed by atoms with van der Waals surface area (Å²) in [6.07, 6.45) is 3.60. The average molecular weight is 309 g/mol. The molecule has 2 rings (SSSR count). The van der Waals surface area contributed by atoms with Crippen LogP contribution in [0.25, 0.3) is 0 Å². The molecule has 2 aromatic rings. The van der Waals surface area contributed by atoms with Gasteiger partial charge in [-0.2, -0.15) is 0 Å². The number of benzene rings is 1. The van der Waals surface area contributed by atoms with Crippen molar-refractivity contribution in [1.29, 1.82) is 0 Å². The SMILES string of the molecule is C[C@H](N)c1ccc(Sc2ccncc2)cc1Br. The molecule has 0 unspecified atom stereocenters. The lowest BCUT2D eigenvalue weighted by Crippen LogP contribution is -2.05. The summed E-state index contributed by atoms with van der Waals surface area (Å²) in [5, 5.41) is 0. The molecule has 0 saturated heterocycles. The second kappa shape index (κ2) is 5.67. The number of hydrogen-bond acceptors (Lipinski definition) is 3. The van der Waals surface area contributed by atoms with E-state index in [1.165, 1.54) is 9.79 Å². The van der Waals surface area contributed by atoms with E-state index in [4.69, 9.17) is 5.73 Å². The summed E-state index contributed by atoms with van der Waals surface area (Å²) in [5.74, 6) is 0. The molecule has 2 nitrogen and oxygen atoms in total. The normalized spacial score (nSPS) is 12.4. The zero-order valence-electron chi connectivity index (χ0n) is 9.43. The third kappa shape index (κ3) is 3.31. The maximum Gasteiger partial charge on any atom is 0.0279 e. The Kier molecular flexibility index (Phi) is 4.20. The van der Waals surface area contributed by atoms with E-state index in [0.717, 1.165) is 10.0 Å². The zero-order valence-corrected chi connectivity index (χ0v) is 11.8. The summed E-state index contributed by atoms with van der Waals surface area (Å²) in [4.78, 5) is 6.37. The monoisotopic (exact) mass is 308 g/mol. The molecular formula is C13H13BrN2S. The molecule has 4 heteroatoms. The van der Waals surface area contributed by atoms with Crippen molar-refractivity contribution >= 4 is 27.7 Å². The van der Waals surface area contributed by atoms with Crippen molar-refractivity contribution in [3.63, 3.8) is 0 Å². The highest BCUT2D eigenvalue weighted by Gasteiger charge is 2.06. The first-order chi connectivity index (χ1) is 8.16. The van der Waals surface area contributed by atoms with E-state index < -0.39 is 0 Å². The van der Waals surface area contributed by atoms with Crippen LogP contribution in [0, 0.1) is 0 Å². The summed E-state index contributed by atoms with van der Waals surface area (Å²) in [6.45, 7) is 1.98. The van der Waals surface area contributed by atoms with Crippen LogP contribution in [-0.4, -0.2) is 4.98 Å². The molecule has 0 aliphatic carbocycles. The van der Waals surface area contributed by atoms with Crippen molar-refractivity contribution < 1.29 is 0 Å². The Morgan fingerprint density at radius 1 is 1.18 bits per heavy atom. The molecule has 0 fully saturated rings. The largest absolute Gasteiger partial charge is 0.324 e.